The van der Waals surface area contributed by atoms with Crippen LogP contribution in [0.4, 0.5) is 16.0 Å². The van der Waals surface area contributed by atoms with Crippen LogP contribution in [0, 0.1) is 26.6 Å². The fourth-order valence-corrected chi connectivity index (χ4v) is 4.13. The molecule has 0 bridgehead atoms. The van der Waals surface area contributed by atoms with Gasteiger partial charge in [-0.2, -0.15) is 9.61 Å². The first-order valence-electron chi connectivity index (χ1n) is 9.33. The van der Waals surface area contributed by atoms with E-state index in [2.05, 4.69) is 20.4 Å². The van der Waals surface area contributed by atoms with E-state index >= 15 is 0 Å². The lowest BCUT2D eigenvalue weighted by Crippen LogP contribution is -2.17. The monoisotopic (exact) mass is 424 g/mol. The number of anilines is 2. The molecule has 0 aliphatic heterocycles. The molecule has 0 saturated heterocycles. The van der Waals surface area contributed by atoms with E-state index in [1.54, 1.807) is 23.6 Å². The van der Waals surface area contributed by atoms with Gasteiger partial charge in [0.1, 0.15) is 27.3 Å². The predicted octanol–water partition coefficient (Wildman–Crippen LogP) is 4.24. The minimum atomic E-state index is -0.352. The molecule has 0 atom stereocenters. The normalized spacial score (nSPS) is 11.1. The zero-order chi connectivity index (χ0) is 21.6. The second-order valence-electron chi connectivity index (χ2n) is 7.32. The smallest absolute Gasteiger partial charge is 0.268 e. The summed E-state index contributed by atoms with van der Waals surface area (Å²) in [6, 6.07) is 8.57. The highest BCUT2D eigenvalue weighted by atomic mass is 32.1. The highest BCUT2D eigenvalue weighted by Crippen LogP contribution is 2.31. The molecule has 4 aromatic rings. The number of nitrogens with zero attached hydrogens (tertiary/aromatic N) is 5. The fourth-order valence-electron chi connectivity index (χ4n) is 3.14. The molecular formula is C21H21FN6OS. The Hall–Kier alpha value is -3.33. The molecular weight excluding hydrogens is 403 g/mol. The molecule has 0 aliphatic rings. The third kappa shape index (κ3) is 3.63. The highest BCUT2D eigenvalue weighted by Gasteiger charge is 2.20. The van der Waals surface area contributed by atoms with Gasteiger partial charge < -0.3 is 10.2 Å². The van der Waals surface area contributed by atoms with Crippen molar-refractivity contribution in [3.63, 3.8) is 0 Å². The van der Waals surface area contributed by atoms with Crippen molar-refractivity contribution in [1.82, 2.24) is 19.6 Å². The Morgan fingerprint density at radius 1 is 1.13 bits per heavy atom. The van der Waals surface area contributed by atoms with E-state index < -0.39 is 0 Å². The molecule has 3 aromatic heterocycles. The second kappa shape index (κ2) is 7.49. The minimum absolute atomic E-state index is 0.332. The van der Waals surface area contributed by atoms with Gasteiger partial charge in [-0.25, -0.2) is 14.4 Å². The number of carbonyl (C=O) groups excluding carboxylic acids is 1. The van der Waals surface area contributed by atoms with Crippen LogP contribution in [-0.2, 0) is 0 Å². The first kappa shape index (κ1) is 20.0. The van der Waals surface area contributed by atoms with E-state index in [1.165, 1.54) is 6.07 Å². The van der Waals surface area contributed by atoms with Crippen molar-refractivity contribution in [3.05, 3.63) is 58.0 Å². The highest BCUT2D eigenvalue weighted by molar-refractivity contribution is 7.17. The van der Waals surface area contributed by atoms with Crippen molar-refractivity contribution >= 4 is 34.5 Å². The maximum absolute atomic E-state index is 14.3. The molecule has 7 nitrogen and oxygen atoms in total. The molecule has 0 spiro atoms. The van der Waals surface area contributed by atoms with Gasteiger partial charge in [0.15, 0.2) is 5.65 Å². The number of carbonyl (C=O) groups is 1. The lowest BCUT2D eigenvalue weighted by Gasteiger charge is -2.15. The Morgan fingerprint density at radius 3 is 2.60 bits per heavy atom. The molecule has 1 N–H and O–H groups in total. The summed E-state index contributed by atoms with van der Waals surface area (Å²) in [5.74, 6) is 0.509. The van der Waals surface area contributed by atoms with E-state index in [1.807, 2.05) is 45.0 Å². The van der Waals surface area contributed by atoms with Crippen LogP contribution in [0.1, 0.15) is 26.6 Å². The number of benzene rings is 1. The van der Waals surface area contributed by atoms with Gasteiger partial charge >= 0.3 is 0 Å². The maximum Gasteiger partial charge on any atom is 0.268 e. The summed E-state index contributed by atoms with van der Waals surface area (Å²) in [6.07, 6.45) is 0. The van der Waals surface area contributed by atoms with Crippen molar-refractivity contribution in [2.75, 3.05) is 24.3 Å². The minimum Gasteiger partial charge on any atom is -0.363 e. The Bertz CT molecular complexity index is 1280. The zero-order valence-electron chi connectivity index (χ0n) is 17.3. The van der Waals surface area contributed by atoms with Gasteiger partial charge in [-0.3, -0.25) is 4.79 Å². The fraction of sp³-hybridized carbons (Fsp3) is 0.238. The van der Waals surface area contributed by atoms with Gasteiger partial charge in [-0.05, 0) is 38.5 Å². The number of nitrogens with one attached hydrogen (secondary N) is 1. The summed E-state index contributed by atoms with van der Waals surface area (Å²) in [4.78, 5) is 24.1. The molecule has 9 heteroatoms. The summed E-state index contributed by atoms with van der Waals surface area (Å²) in [6.45, 7) is 5.45. The van der Waals surface area contributed by atoms with Gasteiger partial charge in [0.25, 0.3) is 5.91 Å². The molecule has 0 fully saturated rings. The van der Waals surface area contributed by atoms with Crippen LogP contribution in [0.2, 0.25) is 0 Å². The molecule has 0 radical (unpaired) electrons. The number of hydrogen-bond donors (Lipinski definition) is 1. The standard InChI is InChI=1S/C21H21FN6OS/c1-11-6-7-14(15(22)8-11)21-23-13(3)19(30-21)20(29)25-16-10-18(27(4)5)28-17(24-16)9-12(2)26-28/h6-10H,1-5H3,(H,24,25,29). The summed E-state index contributed by atoms with van der Waals surface area (Å²) in [5, 5.41) is 7.75. The predicted molar refractivity (Wildman–Crippen MR) is 117 cm³/mol. The van der Waals surface area contributed by atoms with Gasteiger partial charge in [-0.1, -0.05) is 6.07 Å². The Labute approximate surface area is 177 Å². The summed E-state index contributed by atoms with van der Waals surface area (Å²) in [5.41, 5.74) is 3.23. The van der Waals surface area contributed by atoms with Crippen molar-refractivity contribution in [2.45, 2.75) is 20.8 Å². The van der Waals surface area contributed by atoms with E-state index in [0.717, 1.165) is 28.4 Å². The Balaban J connectivity index is 1.67. The van der Waals surface area contributed by atoms with Crippen LogP contribution in [-0.4, -0.2) is 39.6 Å². The van der Waals surface area contributed by atoms with Crippen LogP contribution in [0.15, 0.2) is 30.3 Å². The molecule has 154 valence electrons. The molecule has 0 saturated carbocycles. The van der Waals surface area contributed by atoms with E-state index in [4.69, 9.17) is 0 Å². The van der Waals surface area contributed by atoms with Gasteiger partial charge in [0.05, 0.1) is 11.4 Å². The van der Waals surface area contributed by atoms with Gasteiger partial charge in [-0.15, -0.1) is 11.3 Å². The molecule has 0 aliphatic carbocycles. The molecule has 4 rings (SSSR count). The summed E-state index contributed by atoms with van der Waals surface area (Å²) in [7, 11) is 3.79. The Kier molecular flexibility index (Phi) is 4.98. The number of aryl methyl sites for hydroxylation is 3. The van der Waals surface area contributed by atoms with E-state index in [0.29, 0.717) is 32.6 Å². The number of thiazole rings is 1. The van der Waals surface area contributed by atoms with Crippen molar-refractivity contribution in [2.24, 2.45) is 0 Å². The third-order valence-corrected chi connectivity index (χ3v) is 5.78. The van der Waals surface area contributed by atoms with Crippen LogP contribution < -0.4 is 10.2 Å². The lowest BCUT2D eigenvalue weighted by atomic mass is 10.1. The van der Waals surface area contributed by atoms with Crippen LogP contribution in [0.3, 0.4) is 0 Å². The Morgan fingerprint density at radius 2 is 1.90 bits per heavy atom. The number of rotatable bonds is 4. The number of fused-ring (bicyclic) bond motifs is 1. The van der Waals surface area contributed by atoms with Gasteiger partial charge in [0.2, 0.25) is 0 Å². The summed E-state index contributed by atoms with van der Waals surface area (Å²) < 4.78 is 16.1. The average molecular weight is 425 g/mol. The number of aromatic nitrogens is 4. The number of hydrogen-bond acceptors (Lipinski definition) is 6. The summed E-state index contributed by atoms with van der Waals surface area (Å²) >= 11 is 1.16. The molecule has 1 amide bonds. The largest absolute Gasteiger partial charge is 0.363 e. The molecule has 0 unspecified atom stereocenters. The number of halogens is 1. The van der Waals surface area contributed by atoms with Crippen LogP contribution in [0.25, 0.3) is 16.2 Å². The SMILES string of the molecule is Cc1ccc(-c2nc(C)c(C(=O)Nc3cc(N(C)C)n4nc(C)cc4n3)s2)c(F)c1. The third-order valence-electron chi connectivity index (χ3n) is 4.59. The topological polar surface area (TPSA) is 75.4 Å². The first-order chi connectivity index (χ1) is 14.2. The number of amides is 1. The van der Waals surface area contributed by atoms with Gasteiger partial charge in [0, 0.05) is 31.8 Å². The zero-order valence-corrected chi connectivity index (χ0v) is 18.1. The van der Waals surface area contributed by atoms with Crippen molar-refractivity contribution in [1.29, 1.82) is 0 Å². The average Bonchev–Trinajstić information content (AvgIpc) is 3.22. The lowest BCUT2D eigenvalue weighted by molar-refractivity contribution is 0.102. The molecule has 1 aromatic carbocycles. The first-order valence-corrected chi connectivity index (χ1v) is 10.1. The van der Waals surface area contributed by atoms with Crippen molar-refractivity contribution < 1.29 is 9.18 Å². The second-order valence-corrected chi connectivity index (χ2v) is 8.32. The maximum atomic E-state index is 14.3. The molecule has 30 heavy (non-hydrogen) atoms. The molecule has 3 heterocycles. The van der Waals surface area contributed by atoms with Crippen LogP contribution in [0.5, 0.6) is 0 Å². The van der Waals surface area contributed by atoms with E-state index in [-0.39, 0.29) is 11.7 Å². The van der Waals surface area contributed by atoms with Crippen LogP contribution >= 0.6 is 11.3 Å². The quantitative estimate of drug-likeness (QED) is 0.530. The van der Waals surface area contributed by atoms with E-state index in [9.17, 15) is 9.18 Å². The van der Waals surface area contributed by atoms with Crippen molar-refractivity contribution in [3.8, 4) is 10.6 Å².